The number of nitrogens with zero attached hydrogens (tertiary/aromatic N) is 1. The quantitative estimate of drug-likeness (QED) is 0.785. The summed E-state index contributed by atoms with van der Waals surface area (Å²) in [5.74, 6) is -0.374. The highest BCUT2D eigenvalue weighted by atomic mass is 16.4. The second kappa shape index (κ2) is 6.74. The Labute approximate surface area is 139 Å². The number of oxazole rings is 1. The molecule has 5 nitrogen and oxygen atoms in total. The van der Waals surface area contributed by atoms with Crippen LogP contribution in [-0.4, -0.2) is 10.5 Å². The monoisotopic (exact) mass is 324 g/mol. The molecule has 0 spiro atoms. The van der Waals surface area contributed by atoms with Gasteiger partial charge in [-0.2, -0.15) is 0 Å². The number of hydrogen-bond donors (Lipinski definition) is 1. The molecule has 124 valence electrons. The molecule has 3 aromatic rings. The maximum atomic E-state index is 12.0. The largest absolute Gasteiger partial charge is 0.419 e. The molecule has 5 heteroatoms. The summed E-state index contributed by atoms with van der Waals surface area (Å²) in [5, 5.41) is 2.91. The van der Waals surface area contributed by atoms with E-state index >= 15 is 0 Å². The van der Waals surface area contributed by atoms with Gasteiger partial charge in [-0.15, -0.1) is 0 Å². The Hall–Kier alpha value is -2.82. The maximum absolute atomic E-state index is 12.0. The molecule has 1 aromatic heterocycles. The van der Waals surface area contributed by atoms with Crippen LogP contribution in [0.5, 0.6) is 0 Å². The summed E-state index contributed by atoms with van der Waals surface area (Å²) < 4.78 is 6.55. The van der Waals surface area contributed by atoms with E-state index in [2.05, 4.69) is 29.6 Å². The lowest BCUT2D eigenvalue weighted by Gasteiger charge is -2.06. The maximum Gasteiger partial charge on any atom is 0.419 e. The number of benzene rings is 2. The summed E-state index contributed by atoms with van der Waals surface area (Å²) in [6.45, 7) is 2.48. The van der Waals surface area contributed by atoms with Gasteiger partial charge in [0.05, 0.1) is 5.52 Å². The van der Waals surface area contributed by atoms with Crippen LogP contribution in [0.4, 0.5) is 0 Å². The van der Waals surface area contributed by atoms with Crippen LogP contribution in [0.2, 0.25) is 0 Å². The first kappa shape index (κ1) is 16.1. The molecule has 0 radical (unpaired) electrons. The van der Waals surface area contributed by atoms with Crippen LogP contribution in [0.3, 0.4) is 0 Å². The van der Waals surface area contributed by atoms with Crippen LogP contribution >= 0.6 is 0 Å². The lowest BCUT2D eigenvalue weighted by atomic mass is 10.1. The molecule has 24 heavy (non-hydrogen) atoms. The molecular formula is C19H20N2O3. The molecular weight excluding hydrogens is 304 g/mol. The fourth-order valence-electron chi connectivity index (χ4n) is 2.58. The third-order valence-electron chi connectivity index (χ3n) is 4.11. The Morgan fingerprint density at radius 1 is 1.12 bits per heavy atom. The minimum Gasteiger partial charge on any atom is -0.408 e. The Kier molecular flexibility index (Phi) is 4.51. The van der Waals surface area contributed by atoms with Crippen molar-refractivity contribution in [1.82, 2.24) is 9.88 Å². The van der Waals surface area contributed by atoms with E-state index in [0.717, 1.165) is 23.1 Å². The highest BCUT2D eigenvalue weighted by molar-refractivity contribution is 5.77. The van der Waals surface area contributed by atoms with Gasteiger partial charge in [0.25, 0.3) is 0 Å². The van der Waals surface area contributed by atoms with E-state index in [-0.39, 0.29) is 11.7 Å². The minimum absolute atomic E-state index is 0.0109. The average molecular weight is 324 g/mol. The number of aromatic nitrogens is 1. The number of nitrogens with one attached hydrogen (secondary N) is 1. The standard InChI is InChI=1S/C19H20N2O3/c1-13-3-5-14(6-4-13)8-10-18(22)20-12-15-7-9-17-16(11-15)21(2)19(23)24-17/h3-7,9,11H,8,10,12H2,1-2H3,(H,20,22). The zero-order valence-electron chi connectivity index (χ0n) is 13.8. The number of fused-ring (bicyclic) bond motifs is 1. The van der Waals surface area contributed by atoms with Crippen molar-refractivity contribution in [3.05, 3.63) is 69.7 Å². The van der Waals surface area contributed by atoms with Crippen LogP contribution in [0.1, 0.15) is 23.1 Å². The molecule has 3 rings (SSSR count). The zero-order valence-corrected chi connectivity index (χ0v) is 13.8. The highest BCUT2D eigenvalue weighted by Crippen LogP contribution is 2.14. The van der Waals surface area contributed by atoms with Crippen molar-refractivity contribution in [3.63, 3.8) is 0 Å². The van der Waals surface area contributed by atoms with Gasteiger partial charge in [-0.05, 0) is 36.6 Å². The number of rotatable bonds is 5. The normalized spacial score (nSPS) is 10.9. The molecule has 0 saturated heterocycles. The van der Waals surface area contributed by atoms with Gasteiger partial charge >= 0.3 is 5.76 Å². The topological polar surface area (TPSA) is 64.2 Å². The summed E-state index contributed by atoms with van der Waals surface area (Å²) in [7, 11) is 1.66. The molecule has 0 aliphatic carbocycles. The van der Waals surface area contributed by atoms with Crippen LogP contribution in [0.25, 0.3) is 11.1 Å². The number of amides is 1. The average Bonchev–Trinajstić information content (AvgIpc) is 2.87. The molecule has 1 N–H and O–H groups in total. The van der Waals surface area contributed by atoms with E-state index in [1.54, 1.807) is 13.1 Å². The van der Waals surface area contributed by atoms with Crippen LogP contribution in [0, 0.1) is 6.92 Å². The second-order valence-corrected chi connectivity index (χ2v) is 5.99. The van der Waals surface area contributed by atoms with E-state index in [9.17, 15) is 9.59 Å². The minimum atomic E-state index is -0.385. The summed E-state index contributed by atoms with van der Waals surface area (Å²) in [4.78, 5) is 23.5. The molecule has 0 fully saturated rings. The molecule has 0 bridgehead atoms. The summed E-state index contributed by atoms with van der Waals surface area (Å²) >= 11 is 0. The summed E-state index contributed by atoms with van der Waals surface area (Å²) in [6, 6.07) is 13.7. The number of hydrogen-bond acceptors (Lipinski definition) is 3. The van der Waals surface area contributed by atoms with Gasteiger partial charge in [-0.25, -0.2) is 4.79 Å². The Morgan fingerprint density at radius 2 is 1.83 bits per heavy atom. The van der Waals surface area contributed by atoms with E-state index in [0.29, 0.717) is 18.5 Å². The van der Waals surface area contributed by atoms with E-state index in [1.165, 1.54) is 10.1 Å². The van der Waals surface area contributed by atoms with Gasteiger partial charge in [0.1, 0.15) is 0 Å². The third kappa shape index (κ3) is 3.56. The van der Waals surface area contributed by atoms with E-state index in [4.69, 9.17) is 4.42 Å². The Bertz CT molecular complexity index is 920. The number of carbonyl (C=O) groups is 1. The van der Waals surface area contributed by atoms with Gasteiger partial charge in [-0.3, -0.25) is 9.36 Å². The molecule has 1 heterocycles. The van der Waals surface area contributed by atoms with Gasteiger partial charge in [0, 0.05) is 20.0 Å². The first-order chi connectivity index (χ1) is 11.5. The molecule has 0 atom stereocenters. The first-order valence-corrected chi connectivity index (χ1v) is 7.93. The van der Waals surface area contributed by atoms with Crippen molar-refractivity contribution in [1.29, 1.82) is 0 Å². The Balaban J connectivity index is 1.57. The third-order valence-corrected chi connectivity index (χ3v) is 4.11. The molecule has 0 saturated carbocycles. The van der Waals surface area contributed by atoms with Crippen molar-refractivity contribution < 1.29 is 9.21 Å². The van der Waals surface area contributed by atoms with Crippen LogP contribution < -0.4 is 11.1 Å². The predicted octanol–water partition coefficient (Wildman–Crippen LogP) is 2.69. The second-order valence-electron chi connectivity index (χ2n) is 5.99. The summed E-state index contributed by atoms with van der Waals surface area (Å²) in [6.07, 6.45) is 1.18. The molecule has 0 aliphatic heterocycles. The number of carbonyl (C=O) groups excluding carboxylic acids is 1. The molecule has 0 aliphatic rings. The van der Waals surface area contributed by atoms with Crippen LogP contribution in [-0.2, 0) is 24.8 Å². The lowest BCUT2D eigenvalue weighted by Crippen LogP contribution is -2.23. The van der Waals surface area contributed by atoms with Gasteiger partial charge in [0.15, 0.2) is 5.58 Å². The summed E-state index contributed by atoms with van der Waals surface area (Å²) in [5.41, 5.74) is 4.59. The van der Waals surface area contributed by atoms with Gasteiger partial charge in [-0.1, -0.05) is 35.9 Å². The van der Waals surface area contributed by atoms with Crippen molar-refractivity contribution in [2.45, 2.75) is 26.3 Å². The highest BCUT2D eigenvalue weighted by Gasteiger charge is 2.07. The zero-order chi connectivity index (χ0) is 17.1. The molecule has 0 unspecified atom stereocenters. The van der Waals surface area contributed by atoms with Gasteiger partial charge in [0.2, 0.25) is 5.91 Å². The van der Waals surface area contributed by atoms with Crippen molar-refractivity contribution in [2.24, 2.45) is 7.05 Å². The van der Waals surface area contributed by atoms with Crippen molar-refractivity contribution in [3.8, 4) is 0 Å². The lowest BCUT2D eigenvalue weighted by molar-refractivity contribution is -0.121. The van der Waals surface area contributed by atoms with Crippen LogP contribution in [0.15, 0.2) is 51.7 Å². The predicted molar refractivity (Wildman–Crippen MR) is 92.8 cm³/mol. The fraction of sp³-hybridized carbons (Fsp3) is 0.263. The number of aryl methyl sites for hydroxylation is 3. The van der Waals surface area contributed by atoms with Crippen molar-refractivity contribution >= 4 is 17.0 Å². The van der Waals surface area contributed by atoms with E-state index in [1.807, 2.05) is 19.1 Å². The van der Waals surface area contributed by atoms with Crippen molar-refractivity contribution in [2.75, 3.05) is 0 Å². The molecule has 2 aromatic carbocycles. The first-order valence-electron chi connectivity index (χ1n) is 7.93. The smallest absolute Gasteiger partial charge is 0.408 e. The fourth-order valence-corrected chi connectivity index (χ4v) is 2.58. The Morgan fingerprint density at radius 3 is 2.58 bits per heavy atom. The van der Waals surface area contributed by atoms with E-state index < -0.39 is 0 Å². The van der Waals surface area contributed by atoms with Gasteiger partial charge < -0.3 is 9.73 Å². The SMILES string of the molecule is Cc1ccc(CCC(=O)NCc2ccc3oc(=O)n(C)c3c2)cc1. The molecule has 1 amide bonds.